The van der Waals surface area contributed by atoms with Gasteiger partial charge in [-0.1, -0.05) is 6.07 Å². The number of nitrogens with zero attached hydrogens (tertiary/aromatic N) is 1. The van der Waals surface area contributed by atoms with E-state index in [-0.39, 0.29) is 24.4 Å². The number of halogens is 2. The van der Waals surface area contributed by atoms with Gasteiger partial charge < -0.3 is 15.3 Å². The molecule has 0 aromatic heterocycles. The summed E-state index contributed by atoms with van der Waals surface area (Å²) in [5.74, 6) is -4.04. The monoisotopic (exact) mass is 340 g/mol. The minimum absolute atomic E-state index is 0.00827. The molecule has 0 bridgehead atoms. The number of carboxylic acids is 1. The number of hydrogen-bond donors (Lipinski definition) is 2. The molecule has 1 aliphatic rings. The molecule has 1 fully saturated rings. The number of aliphatic carboxylic acids is 1. The predicted octanol–water partition coefficient (Wildman–Crippen LogP) is 1.47. The summed E-state index contributed by atoms with van der Waals surface area (Å²) in [4.78, 5) is 36.0. The van der Waals surface area contributed by atoms with Crippen molar-refractivity contribution in [1.82, 2.24) is 10.2 Å². The van der Waals surface area contributed by atoms with Gasteiger partial charge in [0, 0.05) is 31.6 Å². The zero-order chi connectivity index (χ0) is 17.9. The van der Waals surface area contributed by atoms with E-state index in [1.165, 1.54) is 17.9 Å². The second-order valence-electron chi connectivity index (χ2n) is 5.79. The van der Waals surface area contributed by atoms with Crippen LogP contribution in [0.4, 0.5) is 8.78 Å². The van der Waals surface area contributed by atoms with Crippen LogP contribution in [-0.4, -0.2) is 40.9 Å². The zero-order valence-corrected chi connectivity index (χ0v) is 13.1. The van der Waals surface area contributed by atoms with Crippen molar-refractivity contribution in [3.8, 4) is 0 Å². The molecule has 0 saturated carbocycles. The molecule has 1 aromatic rings. The van der Waals surface area contributed by atoms with Crippen molar-refractivity contribution < 1.29 is 28.3 Å². The Bertz CT molecular complexity index is 665. The lowest BCUT2D eigenvalue weighted by Gasteiger charge is -2.22. The van der Waals surface area contributed by atoms with Crippen molar-refractivity contribution in [2.24, 2.45) is 5.92 Å². The number of carboxylic acid groups (broad SMARTS) is 1. The van der Waals surface area contributed by atoms with Crippen molar-refractivity contribution in [1.29, 1.82) is 0 Å². The highest BCUT2D eigenvalue weighted by Crippen LogP contribution is 2.24. The quantitative estimate of drug-likeness (QED) is 0.850. The summed E-state index contributed by atoms with van der Waals surface area (Å²) in [6.45, 7) is 1.62. The summed E-state index contributed by atoms with van der Waals surface area (Å²) < 4.78 is 27.0. The second-order valence-corrected chi connectivity index (χ2v) is 5.79. The molecule has 24 heavy (non-hydrogen) atoms. The van der Waals surface area contributed by atoms with Crippen LogP contribution >= 0.6 is 0 Å². The highest BCUT2D eigenvalue weighted by atomic mass is 19.1. The summed E-state index contributed by atoms with van der Waals surface area (Å²) in [6.07, 6.45) is 0.130. The Balaban J connectivity index is 2.13. The molecule has 6 nitrogen and oxygen atoms in total. The normalized spacial score (nSPS) is 18.3. The molecule has 1 aliphatic heterocycles. The third-order valence-electron chi connectivity index (χ3n) is 3.98. The summed E-state index contributed by atoms with van der Waals surface area (Å²) >= 11 is 0. The average molecular weight is 340 g/mol. The molecule has 1 saturated heterocycles. The van der Waals surface area contributed by atoms with Crippen LogP contribution in [0, 0.1) is 17.6 Å². The van der Waals surface area contributed by atoms with Crippen LogP contribution in [-0.2, 0) is 14.4 Å². The first kappa shape index (κ1) is 17.8. The van der Waals surface area contributed by atoms with Crippen molar-refractivity contribution >= 4 is 17.8 Å². The van der Waals surface area contributed by atoms with Crippen molar-refractivity contribution in [3.05, 3.63) is 35.4 Å². The van der Waals surface area contributed by atoms with E-state index in [1.54, 1.807) is 0 Å². The number of hydrogen-bond acceptors (Lipinski definition) is 3. The Kier molecular flexibility index (Phi) is 5.48. The number of nitrogens with one attached hydrogen (secondary N) is 1. The number of benzene rings is 1. The summed E-state index contributed by atoms with van der Waals surface area (Å²) in [7, 11) is 0. The molecular formula is C16H18F2N2O4. The zero-order valence-electron chi connectivity index (χ0n) is 13.1. The smallest absolute Gasteiger partial charge is 0.308 e. The number of amides is 2. The molecule has 0 unspecified atom stereocenters. The van der Waals surface area contributed by atoms with Gasteiger partial charge in [0.15, 0.2) is 0 Å². The molecule has 130 valence electrons. The molecule has 2 atom stereocenters. The second kappa shape index (κ2) is 7.37. The number of carbonyl (C=O) groups excluding carboxylic acids is 2. The van der Waals surface area contributed by atoms with Crippen LogP contribution in [0.3, 0.4) is 0 Å². The molecule has 0 radical (unpaired) electrons. The maximum atomic E-state index is 14.0. The summed E-state index contributed by atoms with van der Waals surface area (Å²) in [5.41, 5.74) is 0.00827. The molecule has 2 amide bonds. The van der Waals surface area contributed by atoms with Crippen LogP contribution in [0.1, 0.15) is 31.4 Å². The first-order valence-corrected chi connectivity index (χ1v) is 7.50. The Morgan fingerprint density at radius 1 is 1.38 bits per heavy atom. The van der Waals surface area contributed by atoms with Crippen LogP contribution in [0.2, 0.25) is 0 Å². The fraction of sp³-hybridized carbons (Fsp3) is 0.438. The molecule has 8 heteroatoms. The maximum Gasteiger partial charge on any atom is 0.308 e. The number of likely N-dealkylation sites (tertiary alicyclic amines) is 1. The van der Waals surface area contributed by atoms with Crippen molar-refractivity contribution in [2.75, 3.05) is 13.1 Å². The lowest BCUT2D eigenvalue weighted by molar-refractivity contribution is -0.141. The van der Waals surface area contributed by atoms with E-state index in [2.05, 4.69) is 5.32 Å². The first-order chi connectivity index (χ1) is 11.3. The van der Waals surface area contributed by atoms with Gasteiger partial charge in [0.2, 0.25) is 11.8 Å². The van der Waals surface area contributed by atoms with Gasteiger partial charge in [-0.3, -0.25) is 14.4 Å². The Morgan fingerprint density at radius 3 is 2.62 bits per heavy atom. The van der Waals surface area contributed by atoms with E-state index in [1.807, 2.05) is 0 Å². The van der Waals surface area contributed by atoms with Crippen molar-refractivity contribution in [2.45, 2.75) is 25.8 Å². The van der Waals surface area contributed by atoms with Gasteiger partial charge in [-0.25, -0.2) is 8.78 Å². The standard InChI is InChI=1S/C16H18F2N2O4/c1-9(21)19-14(12-3-2-11(17)6-13(12)18)7-15(22)20-5-4-10(8-20)16(23)24/h2-3,6,10,14H,4-5,7-8H2,1H3,(H,19,21)(H,23,24)/t10-,14+/m0/s1. The van der Waals surface area contributed by atoms with Gasteiger partial charge >= 0.3 is 5.97 Å². The van der Waals surface area contributed by atoms with E-state index >= 15 is 0 Å². The van der Waals surface area contributed by atoms with Gasteiger partial charge in [0.25, 0.3) is 0 Å². The fourth-order valence-electron chi connectivity index (χ4n) is 2.76. The maximum absolute atomic E-state index is 14.0. The minimum atomic E-state index is -0.965. The SMILES string of the molecule is CC(=O)N[C@H](CC(=O)N1CC[C@H](C(=O)O)C1)c1ccc(F)cc1F. The molecule has 1 aromatic carbocycles. The summed E-state index contributed by atoms with van der Waals surface area (Å²) in [5, 5.41) is 11.5. The van der Waals surface area contributed by atoms with E-state index in [0.29, 0.717) is 19.0 Å². The molecule has 0 spiro atoms. The van der Waals surface area contributed by atoms with Gasteiger partial charge in [-0.15, -0.1) is 0 Å². The molecular weight excluding hydrogens is 322 g/mol. The molecule has 2 N–H and O–H groups in total. The predicted molar refractivity (Wildman–Crippen MR) is 79.9 cm³/mol. The van der Waals surface area contributed by atoms with E-state index < -0.39 is 35.5 Å². The summed E-state index contributed by atoms with van der Waals surface area (Å²) in [6, 6.07) is 1.97. The highest BCUT2D eigenvalue weighted by Gasteiger charge is 2.32. The average Bonchev–Trinajstić information content (AvgIpc) is 2.96. The fourth-order valence-corrected chi connectivity index (χ4v) is 2.76. The third-order valence-corrected chi connectivity index (χ3v) is 3.98. The Hall–Kier alpha value is -2.51. The molecule has 0 aliphatic carbocycles. The Morgan fingerprint density at radius 2 is 2.08 bits per heavy atom. The van der Waals surface area contributed by atoms with Crippen LogP contribution < -0.4 is 5.32 Å². The van der Waals surface area contributed by atoms with Crippen LogP contribution in [0.15, 0.2) is 18.2 Å². The van der Waals surface area contributed by atoms with E-state index in [0.717, 1.165) is 6.07 Å². The minimum Gasteiger partial charge on any atom is -0.481 e. The van der Waals surface area contributed by atoms with Crippen LogP contribution in [0.5, 0.6) is 0 Å². The molecule has 1 heterocycles. The highest BCUT2D eigenvalue weighted by molar-refractivity contribution is 5.80. The van der Waals surface area contributed by atoms with Crippen molar-refractivity contribution in [3.63, 3.8) is 0 Å². The molecule has 2 rings (SSSR count). The van der Waals surface area contributed by atoms with Gasteiger partial charge in [0.05, 0.1) is 18.4 Å². The first-order valence-electron chi connectivity index (χ1n) is 7.50. The topological polar surface area (TPSA) is 86.7 Å². The van der Waals surface area contributed by atoms with Crippen LogP contribution in [0.25, 0.3) is 0 Å². The largest absolute Gasteiger partial charge is 0.481 e. The van der Waals surface area contributed by atoms with Gasteiger partial charge in [-0.2, -0.15) is 0 Å². The van der Waals surface area contributed by atoms with E-state index in [9.17, 15) is 23.2 Å². The van der Waals surface area contributed by atoms with Gasteiger partial charge in [0.1, 0.15) is 11.6 Å². The lowest BCUT2D eigenvalue weighted by Crippen LogP contribution is -2.35. The third kappa shape index (κ3) is 4.27. The Labute approximate surface area is 137 Å². The van der Waals surface area contributed by atoms with E-state index in [4.69, 9.17) is 5.11 Å². The number of carbonyl (C=O) groups is 3. The number of rotatable bonds is 5. The van der Waals surface area contributed by atoms with Gasteiger partial charge in [-0.05, 0) is 12.5 Å². The lowest BCUT2D eigenvalue weighted by atomic mass is 10.0.